The number of rotatable bonds is 5. The second kappa shape index (κ2) is 7.61. The van der Waals surface area contributed by atoms with Gasteiger partial charge in [-0.2, -0.15) is 4.39 Å². The monoisotopic (exact) mass is 449 g/mol. The summed E-state index contributed by atoms with van der Waals surface area (Å²) in [6.07, 6.45) is 4.02. The molecule has 1 atom stereocenters. The van der Waals surface area contributed by atoms with Crippen LogP contribution < -0.4 is 5.32 Å². The molecule has 3 aromatic heterocycles. The second-order valence-corrected chi connectivity index (χ2v) is 9.41. The van der Waals surface area contributed by atoms with Gasteiger partial charge in [-0.3, -0.25) is 13.6 Å². The molecule has 12 heteroatoms. The highest BCUT2D eigenvalue weighted by Crippen LogP contribution is 2.26. The SMILES string of the molecule is CS(=O)(=O)n1ccc(C(=O)N2CC[C@H]2C(=O)Nc2nc(-c3cccc(F)n3)cs2)c1. The standard InChI is InChI=1S/C18H16FN5O4S2/c1-30(27,28)23-7-5-11(9-23)17(26)24-8-6-14(24)16(25)22-18-21-13(10-29-18)12-3-2-4-15(19)20-12/h2-5,7,9-10,14H,6,8H2,1H3,(H,21,22,25)/t14-/m0/s1. The van der Waals surface area contributed by atoms with E-state index in [1.165, 1.54) is 35.5 Å². The van der Waals surface area contributed by atoms with E-state index in [9.17, 15) is 22.4 Å². The van der Waals surface area contributed by atoms with E-state index in [-0.39, 0.29) is 5.56 Å². The minimum Gasteiger partial charge on any atom is -0.326 e. The molecule has 4 heterocycles. The molecule has 1 aliphatic rings. The summed E-state index contributed by atoms with van der Waals surface area (Å²) >= 11 is 1.16. The van der Waals surface area contributed by atoms with E-state index in [1.807, 2.05) is 0 Å². The van der Waals surface area contributed by atoms with Crippen LogP contribution in [0.5, 0.6) is 0 Å². The number of halogens is 1. The highest BCUT2D eigenvalue weighted by atomic mass is 32.2. The van der Waals surface area contributed by atoms with E-state index in [0.717, 1.165) is 21.6 Å². The fourth-order valence-electron chi connectivity index (χ4n) is 2.97. The number of carbonyl (C=O) groups excluding carboxylic acids is 2. The van der Waals surface area contributed by atoms with E-state index < -0.39 is 33.8 Å². The Hall–Kier alpha value is -3.12. The topological polar surface area (TPSA) is 114 Å². The predicted molar refractivity (Wildman–Crippen MR) is 108 cm³/mol. The zero-order chi connectivity index (χ0) is 21.5. The van der Waals surface area contributed by atoms with E-state index in [2.05, 4.69) is 15.3 Å². The summed E-state index contributed by atoms with van der Waals surface area (Å²) in [5, 5.41) is 4.62. The van der Waals surface area contributed by atoms with Gasteiger partial charge in [-0.1, -0.05) is 6.07 Å². The van der Waals surface area contributed by atoms with Crippen molar-refractivity contribution < 1.29 is 22.4 Å². The highest BCUT2D eigenvalue weighted by molar-refractivity contribution is 7.89. The van der Waals surface area contributed by atoms with Gasteiger partial charge in [0.25, 0.3) is 5.91 Å². The van der Waals surface area contributed by atoms with Crippen LogP contribution in [0, 0.1) is 5.95 Å². The van der Waals surface area contributed by atoms with Crippen LogP contribution in [0.4, 0.5) is 9.52 Å². The molecule has 1 N–H and O–H groups in total. The first-order valence-corrected chi connectivity index (χ1v) is 11.5. The Morgan fingerprint density at radius 3 is 2.67 bits per heavy atom. The first-order valence-electron chi connectivity index (χ1n) is 8.81. The fraction of sp³-hybridized carbons (Fsp3) is 0.222. The van der Waals surface area contributed by atoms with Gasteiger partial charge in [-0.05, 0) is 24.6 Å². The summed E-state index contributed by atoms with van der Waals surface area (Å²) in [6.45, 7) is 0.386. The normalized spacial score (nSPS) is 16.2. The molecule has 156 valence electrons. The van der Waals surface area contributed by atoms with E-state index >= 15 is 0 Å². The molecule has 0 bridgehead atoms. The molecule has 9 nitrogen and oxygen atoms in total. The van der Waals surface area contributed by atoms with Crippen LogP contribution in [0.1, 0.15) is 16.8 Å². The molecule has 0 aliphatic carbocycles. The number of likely N-dealkylation sites (tertiary alicyclic amines) is 1. The van der Waals surface area contributed by atoms with Gasteiger partial charge >= 0.3 is 0 Å². The van der Waals surface area contributed by atoms with Crippen LogP contribution >= 0.6 is 11.3 Å². The Morgan fingerprint density at radius 2 is 2.03 bits per heavy atom. The summed E-state index contributed by atoms with van der Waals surface area (Å²) < 4.78 is 37.4. The predicted octanol–water partition coefficient (Wildman–Crippen LogP) is 1.81. The summed E-state index contributed by atoms with van der Waals surface area (Å²) in [5.74, 6) is -1.45. The Morgan fingerprint density at radius 1 is 1.23 bits per heavy atom. The van der Waals surface area contributed by atoms with Crippen LogP contribution in [0.2, 0.25) is 0 Å². The minimum atomic E-state index is -3.49. The molecule has 1 aliphatic heterocycles. The largest absolute Gasteiger partial charge is 0.326 e. The maximum atomic E-state index is 13.3. The van der Waals surface area contributed by atoms with Gasteiger partial charge in [0.05, 0.1) is 17.5 Å². The molecule has 0 unspecified atom stereocenters. The molecule has 0 saturated carbocycles. The van der Waals surface area contributed by atoms with E-state index in [1.54, 1.807) is 11.4 Å². The van der Waals surface area contributed by atoms with E-state index in [0.29, 0.717) is 29.5 Å². The highest BCUT2D eigenvalue weighted by Gasteiger charge is 2.38. The number of amides is 2. The number of thiazole rings is 1. The summed E-state index contributed by atoms with van der Waals surface area (Å²) in [5.41, 5.74) is 0.965. The molecule has 0 radical (unpaired) electrons. The summed E-state index contributed by atoms with van der Waals surface area (Å²) in [4.78, 5) is 34.6. The average Bonchev–Trinajstić information content (AvgIpc) is 3.30. The first kappa shape index (κ1) is 20.2. The van der Waals surface area contributed by atoms with Crippen LogP contribution in [-0.2, 0) is 14.8 Å². The van der Waals surface area contributed by atoms with Crippen molar-refractivity contribution in [2.24, 2.45) is 0 Å². The first-order chi connectivity index (χ1) is 14.2. The molecule has 2 amide bonds. The number of nitrogens with one attached hydrogen (secondary N) is 1. The number of pyridine rings is 1. The number of aromatic nitrogens is 3. The molecule has 1 fully saturated rings. The summed E-state index contributed by atoms with van der Waals surface area (Å²) in [6, 6.07) is 5.07. The third kappa shape index (κ3) is 3.96. The molecular formula is C18H16FN5O4S2. The number of anilines is 1. The maximum absolute atomic E-state index is 13.3. The number of hydrogen-bond donors (Lipinski definition) is 1. The minimum absolute atomic E-state index is 0.187. The quantitative estimate of drug-likeness (QED) is 0.594. The van der Waals surface area contributed by atoms with Crippen LogP contribution in [0.25, 0.3) is 11.4 Å². The Balaban J connectivity index is 1.43. The van der Waals surface area contributed by atoms with Crippen molar-refractivity contribution in [3.63, 3.8) is 0 Å². The lowest BCUT2D eigenvalue weighted by atomic mass is 10.0. The Labute approximate surface area is 175 Å². The van der Waals surface area contributed by atoms with Gasteiger partial charge in [0, 0.05) is 24.3 Å². The van der Waals surface area contributed by atoms with Gasteiger partial charge in [0.1, 0.15) is 11.7 Å². The van der Waals surface area contributed by atoms with Crippen molar-refractivity contribution in [1.82, 2.24) is 18.8 Å². The van der Waals surface area contributed by atoms with Crippen LogP contribution in [-0.4, -0.2) is 57.9 Å². The molecule has 1 saturated heterocycles. The summed E-state index contributed by atoms with van der Waals surface area (Å²) in [7, 11) is -3.49. The smallest absolute Gasteiger partial charge is 0.256 e. The number of nitrogens with zero attached hydrogens (tertiary/aromatic N) is 4. The van der Waals surface area contributed by atoms with Crippen molar-refractivity contribution in [1.29, 1.82) is 0 Å². The Kier molecular flexibility index (Phi) is 5.12. The lowest BCUT2D eigenvalue weighted by Gasteiger charge is -2.39. The lowest BCUT2D eigenvalue weighted by Crippen LogP contribution is -2.56. The van der Waals surface area contributed by atoms with Crippen molar-refractivity contribution in [3.8, 4) is 11.4 Å². The van der Waals surface area contributed by atoms with Crippen LogP contribution in [0.3, 0.4) is 0 Å². The molecule has 4 rings (SSSR count). The van der Waals surface area contributed by atoms with Gasteiger partial charge in [-0.15, -0.1) is 11.3 Å². The Bertz CT molecular complexity index is 1240. The third-order valence-corrected chi connectivity index (χ3v) is 6.34. The third-order valence-electron chi connectivity index (χ3n) is 4.59. The van der Waals surface area contributed by atoms with Gasteiger partial charge in [0.15, 0.2) is 5.13 Å². The van der Waals surface area contributed by atoms with Gasteiger partial charge in [-0.25, -0.2) is 18.4 Å². The van der Waals surface area contributed by atoms with Crippen molar-refractivity contribution in [2.75, 3.05) is 18.1 Å². The zero-order valence-corrected chi connectivity index (χ0v) is 17.3. The van der Waals surface area contributed by atoms with Crippen molar-refractivity contribution in [2.45, 2.75) is 12.5 Å². The number of carbonyl (C=O) groups is 2. The zero-order valence-electron chi connectivity index (χ0n) is 15.6. The molecule has 0 aromatic carbocycles. The second-order valence-electron chi connectivity index (χ2n) is 6.67. The lowest BCUT2D eigenvalue weighted by molar-refractivity contribution is -0.123. The molecule has 30 heavy (non-hydrogen) atoms. The van der Waals surface area contributed by atoms with Crippen LogP contribution in [0.15, 0.2) is 42.0 Å². The average molecular weight is 449 g/mol. The number of hydrogen-bond acceptors (Lipinski definition) is 7. The van der Waals surface area contributed by atoms with Crippen molar-refractivity contribution >= 4 is 38.3 Å². The van der Waals surface area contributed by atoms with Crippen molar-refractivity contribution in [3.05, 3.63) is 53.6 Å². The molecular weight excluding hydrogens is 433 g/mol. The molecule has 0 spiro atoms. The van der Waals surface area contributed by atoms with Gasteiger partial charge < -0.3 is 10.2 Å². The van der Waals surface area contributed by atoms with E-state index in [4.69, 9.17) is 0 Å². The fourth-order valence-corrected chi connectivity index (χ4v) is 4.26. The van der Waals surface area contributed by atoms with Gasteiger partial charge in [0.2, 0.25) is 21.9 Å². The molecule has 3 aromatic rings. The maximum Gasteiger partial charge on any atom is 0.256 e.